The van der Waals surface area contributed by atoms with Gasteiger partial charge in [0.15, 0.2) is 0 Å². The highest BCUT2D eigenvalue weighted by atomic mass is 35.5. The molecular formula is C20H24Cl2O2. The topological polar surface area (TPSA) is 18.5 Å². The van der Waals surface area contributed by atoms with E-state index in [1.54, 1.807) is 14.2 Å². The van der Waals surface area contributed by atoms with Gasteiger partial charge in [0.05, 0.1) is 26.0 Å². The van der Waals surface area contributed by atoms with Gasteiger partial charge in [0.1, 0.15) is 11.5 Å². The molecule has 24 heavy (non-hydrogen) atoms. The van der Waals surface area contributed by atoms with Crippen molar-refractivity contribution in [3.8, 4) is 22.6 Å². The summed E-state index contributed by atoms with van der Waals surface area (Å²) in [6.07, 6.45) is 0. The summed E-state index contributed by atoms with van der Waals surface area (Å²) in [6.45, 7) is 8.39. The first-order chi connectivity index (χ1) is 11.4. The second kappa shape index (κ2) is 7.67. The average Bonchev–Trinajstić information content (AvgIpc) is 2.58. The Hall–Kier alpha value is -1.38. The van der Waals surface area contributed by atoms with E-state index in [1.165, 1.54) is 11.1 Å². The Bertz CT molecular complexity index is 702. The van der Waals surface area contributed by atoms with Crippen molar-refractivity contribution >= 4 is 23.2 Å². The van der Waals surface area contributed by atoms with Crippen LogP contribution in [0.25, 0.3) is 11.1 Å². The standard InChI is InChI=1S/C20H24Cl2O2/c1-11-7-15(9-21)19(23-5)17(13(11)3)18-14(4)12(2)8-16(10-22)20(18)24-6/h7-8H,9-10H2,1-6H3. The molecule has 0 radical (unpaired) electrons. The number of benzene rings is 2. The molecule has 0 spiro atoms. The fraction of sp³-hybridized carbons (Fsp3) is 0.400. The molecule has 0 aromatic heterocycles. The maximum absolute atomic E-state index is 6.17. The zero-order valence-corrected chi connectivity index (χ0v) is 16.7. The Balaban J connectivity index is 3.01. The van der Waals surface area contributed by atoms with E-state index in [0.29, 0.717) is 11.8 Å². The number of hydrogen-bond donors (Lipinski definition) is 0. The third-order valence-corrected chi connectivity index (χ3v) is 5.27. The predicted octanol–water partition coefficient (Wildman–Crippen LogP) is 6.08. The summed E-state index contributed by atoms with van der Waals surface area (Å²) in [4.78, 5) is 0. The molecule has 2 aromatic carbocycles. The number of rotatable bonds is 5. The van der Waals surface area contributed by atoms with Crippen LogP contribution < -0.4 is 9.47 Å². The van der Waals surface area contributed by atoms with Gasteiger partial charge < -0.3 is 9.47 Å². The van der Waals surface area contributed by atoms with Crippen molar-refractivity contribution < 1.29 is 9.47 Å². The van der Waals surface area contributed by atoms with Gasteiger partial charge in [-0.3, -0.25) is 0 Å². The van der Waals surface area contributed by atoms with Gasteiger partial charge in [-0.05, 0) is 49.9 Å². The van der Waals surface area contributed by atoms with Crippen molar-refractivity contribution in [1.82, 2.24) is 0 Å². The molecule has 0 fully saturated rings. The SMILES string of the molecule is COc1c(CCl)cc(C)c(C)c1-c1c(C)c(C)cc(CCl)c1OC. The molecule has 130 valence electrons. The number of ether oxygens (including phenoxy) is 2. The lowest BCUT2D eigenvalue weighted by Gasteiger charge is -2.23. The summed E-state index contributed by atoms with van der Waals surface area (Å²) < 4.78 is 11.5. The van der Waals surface area contributed by atoms with E-state index in [2.05, 4.69) is 39.8 Å². The maximum atomic E-state index is 6.17. The summed E-state index contributed by atoms with van der Waals surface area (Å²) in [6, 6.07) is 4.18. The molecule has 0 bridgehead atoms. The maximum Gasteiger partial charge on any atom is 0.131 e. The zero-order chi connectivity index (χ0) is 18.0. The minimum Gasteiger partial charge on any atom is -0.496 e. The largest absolute Gasteiger partial charge is 0.496 e. The number of aryl methyl sites for hydroxylation is 2. The third kappa shape index (κ3) is 3.10. The Morgan fingerprint density at radius 2 is 1.04 bits per heavy atom. The molecule has 0 heterocycles. The molecule has 2 rings (SSSR count). The van der Waals surface area contributed by atoms with Crippen molar-refractivity contribution in [3.05, 3.63) is 45.5 Å². The summed E-state index contributed by atoms with van der Waals surface area (Å²) in [5.41, 5.74) is 8.71. The molecule has 0 aliphatic carbocycles. The first-order valence-electron chi connectivity index (χ1n) is 7.87. The fourth-order valence-corrected chi connectivity index (χ4v) is 3.59. The summed E-state index contributed by atoms with van der Waals surface area (Å²) >= 11 is 12.3. The van der Waals surface area contributed by atoms with Crippen LogP contribution in [-0.4, -0.2) is 14.2 Å². The van der Waals surface area contributed by atoms with E-state index < -0.39 is 0 Å². The Morgan fingerprint density at radius 1 is 0.708 bits per heavy atom. The van der Waals surface area contributed by atoms with Gasteiger partial charge in [-0.25, -0.2) is 0 Å². The van der Waals surface area contributed by atoms with Crippen molar-refractivity contribution in [2.24, 2.45) is 0 Å². The highest BCUT2D eigenvalue weighted by Crippen LogP contribution is 2.46. The van der Waals surface area contributed by atoms with Crippen LogP contribution in [-0.2, 0) is 11.8 Å². The second-order valence-corrected chi connectivity index (χ2v) is 6.57. The van der Waals surface area contributed by atoms with Crippen LogP contribution in [0.4, 0.5) is 0 Å². The lowest BCUT2D eigenvalue weighted by Crippen LogP contribution is -2.04. The minimum atomic E-state index is 0.396. The molecule has 4 heteroatoms. The molecule has 0 N–H and O–H groups in total. The predicted molar refractivity (Wildman–Crippen MR) is 103 cm³/mol. The molecule has 0 aliphatic heterocycles. The van der Waals surface area contributed by atoms with Gasteiger partial charge in [-0.15, -0.1) is 23.2 Å². The van der Waals surface area contributed by atoms with E-state index >= 15 is 0 Å². The molecule has 0 atom stereocenters. The molecule has 0 aliphatic rings. The van der Waals surface area contributed by atoms with Crippen LogP contribution in [0.5, 0.6) is 11.5 Å². The van der Waals surface area contributed by atoms with Crippen molar-refractivity contribution in [2.75, 3.05) is 14.2 Å². The molecular weight excluding hydrogens is 343 g/mol. The van der Waals surface area contributed by atoms with Crippen molar-refractivity contribution in [3.63, 3.8) is 0 Å². The van der Waals surface area contributed by atoms with Gasteiger partial charge in [0, 0.05) is 22.3 Å². The van der Waals surface area contributed by atoms with Crippen LogP contribution in [0.3, 0.4) is 0 Å². The monoisotopic (exact) mass is 366 g/mol. The summed E-state index contributed by atoms with van der Waals surface area (Å²) in [7, 11) is 3.37. The number of alkyl halides is 2. The third-order valence-electron chi connectivity index (χ3n) is 4.70. The first kappa shape index (κ1) is 19.0. The van der Waals surface area contributed by atoms with Crippen molar-refractivity contribution in [1.29, 1.82) is 0 Å². The van der Waals surface area contributed by atoms with E-state index in [4.69, 9.17) is 32.7 Å². The number of halogens is 2. The number of methoxy groups -OCH3 is 2. The van der Waals surface area contributed by atoms with Gasteiger partial charge in [0.2, 0.25) is 0 Å². The fourth-order valence-electron chi connectivity index (χ4n) is 3.19. The molecule has 0 saturated carbocycles. The zero-order valence-electron chi connectivity index (χ0n) is 15.1. The Labute approximate surface area is 154 Å². The van der Waals surface area contributed by atoms with Gasteiger partial charge in [0.25, 0.3) is 0 Å². The van der Waals surface area contributed by atoms with E-state index in [0.717, 1.165) is 44.9 Å². The second-order valence-electron chi connectivity index (χ2n) is 6.04. The summed E-state index contributed by atoms with van der Waals surface area (Å²) in [5.74, 6) is 2.40. The lowest BCUT2D eigenvalue weighted by molar-refractivity contribution is 0.406. The van der Waals surface area contributed by atoms with Crippen LogP contribution in [0.2, 0.25) is 0 Å². The molecule has 0 unspecified atom stereocenters. The van der Waals surface area contributed by atoms with E-state index in [9.17, 15) is 0 Å². The molecule has 0 saturated heterocycles. The normalized spacial score (nSPS) is 10.8. The highest BCUT2D eigenvalue weighted by Gasteiger charge is 2.23. The summed E-state index contributed by atoms with van der Waals surface area (Å²) in [5, 5.41) is 0. The van der Waals surface area contributed by atoms with Crippen LogP contribution in [0.1, 0.15) is 33.4 Å². The molecule has 0 amide bonds. The van der Waals surface area contributed by atoms with E-state index in [1.807, 2.05) is 0 Å². The van der Waals surface area contributed by atoms with E-state index in [-0.39, 0.29) is 0 Å². The van der Waals surface area contributed by atoms with Gasteiger partial charge >= 0.3 is 0 Å². The molecule has 2 nitrogen and oxygen atoms in total. The first-order valence-corrected chi connectivity index (χ1v) is 8.94. The minimum absolute atomic E-state index is 0.396. The highest BCUT2D eigenvalue weighted by molar-refractivity contribution is 6.17. The van der Waals surface area contributed by atoms with Crippen molar-refractivity contribution in [2.45, 2.75) is 39.5 Å². The quantitative estimate of drug-likeness (QED) is 0.596. The molecule has 2 aromatic rings. The van der Waals surface area contributed by atoms with Crippen LogP contribution in [0, 0.1) is 27.7 Å². The lowest BCUT2D eigenvalue weighted by atomic mass is 9.87. The number of hydrogen-bond acceptors (Lipinski definition) is 2. The Kier molecular flexibility index (Phi) is 6.06. The van der Waals surface area contributed by atoms with Crippen LogP contribution >= 0.6 is 23.2 Å². The average molecular weight is 367 g/mol. The van der Waals surface area contributed by atoms with Crippen LogP contribution in [0.15, 0.2) is 12.1 Å². The Morgan fingerprint density at radius 3 is 1.29 bits per heavy atom. The smallest absolute Gasteiger partial charge is 0.131 e. The van der Waals surface area contributed by atoms with Gasteiger partial charge in [-0.1, -0.05) is 12.1 Å². The van der Waals surface area contributed by atoms with Gasteiger partial charge in [-0.2, -0.15) is 0 Å².